The molecule has 90 valence electrons. The number of H-pyrrole nitrogens is 1. The Bertz CT molecular complexity index is 769. The second kappa shape index (κ2) is 4.07. The van der Waals surface area contributed by atoms with E-state index in [-0.39, 0.29) is 5.82 Å². The van der Waals surface area contributed by atoms with Gasteiger partial charge in [0.1, 0.15) is 5.82 Å². The van der Waals surface area contributed by atoms with Gasteiger partial charge in [-0.05, 0) is 61.1 Å². The van der Waals surface area contributed by atoms with Crippen molar-refractivity contribution >= 4 is 23.3 Å². The molecule has 2 aromatic carbocycles. The molecule has 0 radical (unpaired) electrons. The fourth-order valence-corrected chi connectivity index (χ4v) is 2.39. The van der Waals surface area contributed by atoms with Gasteiger partial charge in [-0.3, -0.25) is 4.57 Å². The van der Waals surface area contributed by atoms with E-state index in [4.69, 9.17) is 12.2 Å². The molecule has 2 nitrogen and oxygen atoms in total. The van der Waals surface area contributed by atoms with Crippen LogP contribution in [0.15, 0.2) is 42.5 Å². The quantitative estimate of drug-likeness (QED) is 0.651. The van der Waals surface area contributed by atoms with Crippen molar-refractivity contribution < 1.29 is 4.39 Å². The van der Waals surface area contributed by atoms with Gasteiger partial charge in [0.2, 0.25) is 0 Å². The molecular weight excluding hydrogens is 247 g/mol. The number of imidazole rings is 1. The number of hydrogen-bond acceptors (Lipinski definition) is 1. The summed E-state index contributed by atoms with van der Waals surface area (Å²) in [7, 11) is 0. The van der Waals surface area contributed by atoms with Crippen molar-refractivity contribution in [2.45, 2.75) is 6.92 Å². The predicted octanol–water partition coefficient (Wildman–Crippen LogP) is 4.14. The van der Waals surface area contributed by atoms with E-state index in [9.17, 15) is 4.39 Å². The van der Waals surface area contributed by atoms with E-state index in [0.717, 1.165) is 16.7 Å². The summed E-state index contributed by atoms with van der Waals surface area (Å²) in [6, 6.07) is 12.4. The van der Waals surface area contributed by atoms with E-state index in [1.165, 1.54) is 17.7 Å². The van der Waals surface area contributed by atoms with Crippen molar-refractivity contribution in [1.82, 2.24) is 9.55 Å². The van der Waals surface area contributed by atoms with Crippen LogP contribution < -0.4 is 0 Å². The van der Waals surface area contributed by atoms with Crippen LogP contribution in [-0.4, -0.2) is 9.55 Å². The number of nitrogens with zero attached hydrogens (tertiary/aromatic N) is 1. The Morgan fingerprint density at radius 3 is 2.56 bits per heavy atom. The van der Waals surface area contributed by atoms with E-state index >= 15 is 0 Å². The number of benzene rings is 2. The Morgan fingerprint density at radius 1 is 1.11 bits per heavy atom. The fraction of sp³-hybridized carbons (Fsp3) is 0.0714. The first-order valence-electron chi connectivity index (χ1n) is 5.62. The lowest BCUT2D eigenvalue weighted by Crippen LogP contribution is -1.93. The van der Waals surface area contributed by atoms with Gasteiger partial charge in [0.15, 0.2) is 4.77 Å². The smallest absolute Gasteiger partial charge is 0.182 e. The van der Waals surface area contributed by atoms with Gasteiger partial charge in [-0.15, -0.1) is 0 Å². The van der Waals surface area contributed by atoms with Gasteiger partial charge >= 0.3 is 0 Å². The molecule has 0 unspecified atom stereocenters. The van der Waals surface area contributed by atoms with Crippen LogP contribution >= 0.6 is 12.2 Å². The first-order chi connectivity index (χ1) is 8.65. The largest absolute Gasteiger partial charge is 0.330 e. The van der Waals surface area contributed by atoms with Crippen LogP contribution in [0.3, 0.4) is 0 Å². The molecule has 3 rings (SSSR count). The lowest BCUT2D eigenvalue weighted by Gasteiger charge is -2.04. The highest BCUT2D eigenvalue weighted by Crippen LogP contribution is 2.20. The number of aryl methyl sites for hydroxylation is 1. The molecule has 1 aromatic heterocycles. The maximum absolute atomic E-state index is 13.0. The van der Waals surface area contributed by atoms with Crippen molar-refractivity contribution in [3.8, 4) is 5.69 Å². The summed E-state index contributed by atoms with van der Waals surface area (Å²) in [5.74, 6) is -0.249. The Morgan fingerprint density at radius 2 is 1.83 bits per heavy atom. The summed E-state index contributed by atoms with van der Waals surface area (Å²) in [6.07, 6.45) is 0. The minimum absolute atomic E-state index is 0.249. The topological polar surface area (TPSA) is 20.7 Å². The molecule has 0 saturated carbocycles. The molecule has 0 spiro atoms. The monoisotopic (exact) mass is 258 g/mol. The van der Waals surface area contributed by atoms with E-state index in [2.05, 4.69) is 4.98 Å². The lowest BCUT2D eigenvalue weighted by atomic mass is 10.2. The van der Waals surface area contributed by atoms with Crippen LogP contribution in [0.1, 0.15) is 5.56 Å². The van der Waals surface area contributed by atoms with Crippen LogP contribution in [0.4, 0.5) is 4.39 Å². The average molecular weight is 258 g/mol. The molecule has 1 heterocycles. The van der Waals surface area contributed by atoms with Gasteiger partial charge in [0, 0.05) is 5.69 Å². The fourth-order valence-electron chi connectivity index (χ4n) is 2.07. The maximum Gasteiger partial charge on any atom is 0.182 e. The third-order valence-electron chi connectivity index (χ3n) is 2.92. The Hall–Kier alpha value is -1.94. The van der Waals surface area contributed by atoms with Gasteiger partial charge in [-0.25, -0.2) is 4.39 Å². The van der Waals surface area contributed by atoms with E-state index in [1.807, 2.05) is 29.7 Å². The summed E-state index contributed by atoms with van der Waals surface area (Å²) in [4.78, 5) is 3.17. The average Bonchev–Trinajstić information content (AvgIpc) is 2.65. The minimum Gasteiger partial charge on any atom is -0.330 e. The summed E-state index contributed by atoms with van der Waals surface area (Å²) < 4.78 is 15.5. The van der Waals surface area contributed by atoms with Crippen molar-refractivity contribution in [3.05, 3.63) is 58.6 Å². The van der Waals surface area contributed by atoms with E-state index in [1.54, 1.807) is 12.1 Å². The zero-order valence-electron chi connectivity index (χ0n) is 9.77. The van der Waals surface area contributed by atoms with E-state index < -0.39 is 0 Å². The zero-order valence-corrected chi connectivity index (χ0v) is 10.6. The number of fused-ring (bicyclic) bond motifs is 1. The number of nitrogens with one attached hydrogen (secondary N) is 1. The van der Waals surface area contributed by atoms with Gasteiger partial charge < -0.3 is 4.98 Å². The maximum atomic E-state index is 13.0. The molecule has 0 amide bonds. The van der Waals surface area contributed by atoms with Crippen LogP contribution in [0.5, 0.6) is 0 Å². The van der Waals surface area contributed by atoms with Gasteiger partial charge in [0.05, 0.1) is 11.0 Å². The Balaban J connectivity index is 2.32. The second-order valence-corrected chi connectivity index (χ2v) is 4.65. The first kappa shape index (κ1) is 11.2. The van der Waals surface area contributed by atoms with Crippen LogP contribution in [0.2, 0.25) is 0 Å². The molecule has 3 aromatic rings. The normalized spacial score (nSPS) is 11.0. The minimum atomic E-state index is -0.249. The standard InChI is InChI=1S/C14H11FN2S/c1-9-2-7-13-12(8-9)16-14(18)17(13)11-5-3-10(15)4-6-11/h2-8H,1H3,(H,16,18). The molecule has 0 bridgehead atoms. The molecular formula is C14H11FN2S. The zero-order chi connectivity index (χ0) is 12.7. The van der Waals surface area contributed by atoms with Crippen LogP contribution in [0.25, 0.3) is 16.7 Å². The highest BCUT2D eigenvalue weighted by Gasteiger charge is 2.06. The number of halogens is 1. The van der Waals surface area contributed by atoms with Crippen molar-refractivity contribution in [1.29, 1.82) is 0 Å². The third-order valence-corrected chi connectivity index (χ3v) is 3.21. The number of aromatic nitrogens is 2. The van der Waals surface area contributed by atoms with Gasteiger partial charge in [0.25, 0.3) is 0 Å². The number of hydrogen-bond donors (Lipinski definition) is 1. The van der Waals surface area contributed by atoms with Crippen LogP contribution in [-0.2, 0) is 0 Å². The van der Waals surface area contributed by atoms with Gasteiger partial charge in [-0.2, -0.15) is 0 Å². The molecule has 0 aliphatic carbocycles. The SMILES string of the molecule is Cc1ccc2c(c1)[nH]c(=S)n2-c1ccc(F)cc1. The van der Waals surface area contributed by atoms with Gasteiger partial charge in [-0.1, -0.05) is 6.07 Å². The molecule has 0 aliphatic heterocycles. The lowest BCUT2D eigenvalue weighted by molar-refractivity contribution is 0.627. The molecule has 18 heavy (non-hydrogen) atoms. The highest BCUT2D eigenvalue weighted by molar-refractivity contribution is 7.71. The van der Waals surface area contributed by atoms with Crippen LogP contribution in [0, 0.1) is 17.5 Å². The summed E-state index contributed by atoms with van der Waals surface area (Å²) in [5.41, 5.74) is 4.02. The molecule has 0 atom stereocenters. The molecule has 0 fully saturated rings. The predicted molar refractivity (Wildman–Crippen MR) is 73.2 cm³/mol. The molecule has 0 saturated heterocycles. The van der Waals surface area contributed by atoms with E-state index in [0.29, 0.717) is 4.77 Å². The second-order valence-electron chi connectivity index (χ2n) is 4.26. The number of aromatic amines is 1. The molecule has 0 aliphatic rings. The number of rotatable bonds is 1. The summed E-state index contributed by atoms with van der Waals surface area (Å²) >= 11 is 5.32. The highest BCUT2D eigenvalue weighted by atomic mass is 32.1. The Kier molecular flexibility index (Phi) is 2.52. The van der Waals surface area contributed by atoms with Crippen molar-refractivity contribution in [3.63, 3.8) is 0 Å². The first-order valence-corrected chi connectivity index (χ1v) is 6.03. The van der Waals surface area contributed by atoms with Crippen molar-refractivity contribution in [2.24, 2.45) is 0 Å². The summed E-state index contributed by atoms with van der Waals surface area (Å²) in [5, 5.41) is 0. The molecule has 1 N–H and O–H groups in total. The van der Waals surface area contributed by atoms with Crippen molar-refractivity contribution in [2.75, 3.05) is 0 Å². The third kappa shape index (κ3) is 1.75. The Labute approximate surface area is 109 Å². The summed E-state index contributed by atoms with van der Waals surface area (Å²) in [6.45, 7) is 2.03. The molecule has 4 heteroatoms.